The Morgan fingerprint density at radius 2 is 1.90 bits per heavy atom. The van der Waals surface area contributed by atoms with Gasteiger partial charge in [-0.3, -0.25) is 4.79 Å². The summed E-state index contributed by atoms with van der Waals surface area (Å²) in [5.41, 5.74) is 3.70. The topological polar surface area (TPSA) is 41.1 Å². The minimum absolute atomic E-state index is 0.0632. The highest BCUT2D eigenvalue weighted by atomic mass is 16.1. The van der Waals surface area contributed by atoms with Gasteiger partial charge in [0.1, 0.15) is 0 Å². The van der Waals surface area contributed by atoms with Gasteiger partial charge in [-0.25, -0.2) is 0 Å². The van der Waals surface area contributed by atoms with E-state index in [0.29, 0.717) is 5.56 Å². The fourth-order valence-corrected chi connectivity index (χ4v) is 2.19. The maximum atomic E-state index is 12.3. The molecule has 2 N–H and O–H groups in total. The van der Waals surface area contributed by atoms with Gasteiger partial charge in [-0.1, -0.05) is 37.3 Å². The van der Waals surface area contributed by atoms with E-state index in [1.807, 2.05) is 49.4 Å². The molecule has 2 aromatic rings. The quantitative estimate of drug-likeness (QED) is 0.792. The van der Waals surface area contributed by atoms with Gasteiger partial charge in [-0.2, -0.15) is 0 Å². The van der Waals surface area contributed by atoms with Gasteiger partial charge in [-0.05, 0) is 49.2 Å². The van der Waals surface area contributed by atoms with Crippen molar-refractivity contribution in [2.45, 2.75) is 26.8 Å². The van der Waals surface area contributed by atoms with Crippen molar-refractivity contribution in [2.24, 2.45) is 0 Å². The molecule has 0 aliphatic heterocycles. The van der Waals surface area contributed by atoms with Crippen molar-refractivity contribution in [3.8, 4) is 0 Å². The third-order valence-corrected chi connectivity index (χ3v) is 3.33. The third kappa shape index (κ3) is 4.43. The van der Waals surface area contributed by atoms with Gasteiger partial charge in [-0.15, -0.1) is 0 Å². The minimum Gasteiger partial charge on any atom is -0.322 e. The number of rotatable bonds is 6. The van der Waals surface area contributed by atoms with Crippen LogP contribution in [0, 0.1) is 6.92 Å². The van der Waals surface area contributed by atoms with E-state index in [4.69, 9.17) is 0 Å². The molecule has 2 aromatic carbocycles. The second-order valence-electron chi connectivity index (χ2n) is 5.15. The van der Waals surface area contributed by atoms with Crippen molar-refractivity contribution in [3.63, 3.8) is 0 Å². The summed E-state index contributed by atoms with van der Waals surface area (Å²) >= 11 is 0. The summed E-state index contributed by atoms with van der Waals surface area (Å²) in [7, 11) is 0. The van der Waals surface area contributed by atoms with Crippen LogP contribution in [0.4, 0.5) is 5.69 Å². The van der Waals surface area contributed by atoms with E-state index >= 15 is 0 Å². The van der Waals surface area contributed by atoms with Crippen molar-refractivity contribution in [1.29, 1.82) is 0 Å². The van der Waals surface area contributed by atoms with Gasteiger partial charge >= 0.3 is 0 Å². The lowest BCUT2D eigenvalue weighted by atomic mass is 10.1. The molecule has 0 unspecified atom stereocenters. The number of carbonyl (C=O) groups is 1. The first-order chi connectivity index (χ1) is 10.2. The predicted molar refractivity (Wildman–Crippen MR) is 87.6 cm³/mol. The Hall–Kier alpha value is -2.13. The van der Waals surface area contributed by atoms with Crippen LogP contribution in [-0.4, -0.2) is 12.5 Å². The molecule has 0 aliphatic rings. The zero-order chi connectivity index (χ0) is 15.1. The summed E-state index contributed by atoms with van der Waals surface area (Å²) in [5, 5.41) is 6.32. The van der Waals surface area contributed by atoms with Gasteiger partial charge in [0.15, 0.2) is 0 Å². The maximum Gasteiger partial charge on any atom is 0.255 e. The Balaban J connectivity index is 2.04. The largest absolute Gasteiger partial charge is 0.322 e. The van der Waals surface area contributed by atoms with E-state index in [2.05, 4.69) is 23.6 Å². The van der Waals surface area contributed by atoms with E-state index in [1.54, 1.807) is 0 Å². The number of carbonyl (C=O) groups excluding carboxylic acids is 1. The van der Waals surface area contributed by atoms with Crippen LogP contribution in [0.3, 0.4) is 0 Å². The minimum atomic E-state index is -0.0632. The number of aryl methyl sites for hydroxylation is 1. The van der Waals surface area contributed by atoms with E-state index in [1.165, 1.54) is 5.56 Å². The van der Waals surface area contributed by atoms with Crippen LogP contribution in [0.2, 0.25) is 0 Å². The maximum absolute atomic E-state index is 12.3. The highest BCUT2D eigenvalue weighted by molar-refractivity contribution is 6.05. The molecule has 0 spiro atoms. The van der Waals surface area contributed by atoms with Crippen LogP contribution in [0.5, 0.6) is 0 Å². The molecule has 0 aromatic heterocycles. The zero-order valence-electron chi connectivity index (χ0n) is 12.6. The summed E-state index contributed by atoms with van der Waals surface area (Å²) in [5.74, 6) is -0.0632. The van der Waals surface area contributed by atoms with Crippen LogP contribution in [0.25, 0.3) is 0 Å². The Labute approximate surface area is 126 Å². The molecule has 3 nitrogen and oxygen atoms in total. The number of hydrogen-bond acceptors (Lipinski definition) is 2. The van der Waals surface area contributed by atoms with Crippen molar-refractivity contribution < 1.29 is 4.79 Å². The monoisotopic (exact) mass is 282 g/mol. The summed E-state index contributed by atoms with van der Waals surface area (Å²) in [6.07, 6.45) is 1.11. The lowest BCUT2D eigenvalue weighted by molar-refractivity contribution is 0.102. The normalized spacial score (nSPS) is 10.4. The molecule has 110 valence electrons. The standard InChI is InChI=1S/C18H22N2O/c1-3-11-19-13-15-8-6-9-16(12-15)20-18(21)17-10-5-4-7-14(17)2/h4-10,12,19H,3,11,13H2,1-2H3,(H,20,21). The molecule has 1 amide bonds. The van der Waals surface area contributed by atoms with Gasteiger partial charge in [0.25, 0.3) is 5.91 Å². The molecule has 0 atom stereocenters. The predicted octanol–water partition coefficient (Wildman–Crippen LogP) is 3.75. The van der Waals surface area contributed by atoms with Crippen LogP contribution in [-0.2, 0) is 6.54 Å². The zero-order valence-corrected chi connectivity index (χ0v) is 12.6. The van der Waals surface area contributed by atoms with Crippen LogP contribution in [0.1, 0.15) is 34.8 Å². The van der Waals surface area contributed by atoms with Gasteiger partial charge in [0.2, 0.25) is 0 Å². The van der Waals surface area contributed by atoms with Gasteiger partial charge < -0.3 is 10.6 Å². The lowest BCUT2D eigenvalue weighted by Crippen LogP contribution is -2.15. The van der Waals surface area contributed by atoms with E-state index < -0.39 is 0 Å². The molecular weight excluding hydrogens is 260 g/mol. The molecule has 0 heterocycles. The molecule has 0 fully saturated rings. The van der Waals surface area contributed by atoms with Crippen LogP contribution >= 0.6 is 0 Å². The molecule has 0 aliphatic carbocycles. The Morgan fingerprint density at radius 1 is 1.10 bits per heavy atom. The Morgan fingerprint density at radius 3 is 2.67 bits per heavy atom. The number of amides is 1. The first-order valence-electron chi connectivity index (χ1n) is 7.37. The van der Waals surface area contributed by atoms with Crippen LogP contribution < -0.4 is 10.6 Å². The van der Waals surface area contributed by atoms with Crippen molar-refractivity contribution >= 4 is 11.6 Å². The van der Waals surface area contributed by atoms with E-state index in [9.17, 15) is 4.79 Å². The number of nitrogens with one attached hydrogen (secondary N) is 2. The van der Waals surface area contributed by atoms with E-state index in [0.717, 1.165) is 30.8 Å². The molecule has 0 saturated heterocycles. The molecule has 3 heteroatoms. The van der Waals surface area contributed by atoms with Crippen molar-refractivity contribution in [3.05, 3.63) is 65.2 Å². The molecule has 0 saturated carbocycles. The second-order valence-corrected chi connectivity index (χ2v) is 5.15. The molecular formula is C18H22N2O. The Bertz CT molecular complexity index is 608. The fraction of sp³-hybridized carbons (Fsp3) is 0.278. The smallest absolute Gasteiger partial charge is 0.255 e. The van der Waals surface area contributed by atoms with Crippen LogP contribution in [0.15, 0.2) is 48.5 Å². The summed E-state index contributed by atoms with van der Waals surface area (Å²) in [6.45, 7) is 5.91. The Kier molecular flexibility index (Phi) is 5.52. The molecule has 0 bridgehead atoms. The number of anilines is 1. The van der Waals surface area contributed by atoms with Crippen molar-refractivity contribution in [1.82, 2.24) is 5.32 Å². The highest BCUT2D eigenvalue weighted by Gasteiger charge is 2.08. The summed E-state index contributed by atoms with van der Waals surface area (Å²) < 4.78 is 0. The molecule has 2 rings (SSSR count). The highest BCUT2D eigenvalue weighted by Crippen LogP contribution is 2.14. The SMILES string of the molecule is CCCNCc1cccc(NC(=O)c2ccccc2C)c1. The number of benzene rings is 2. The summed E-state index contributed by atoms with van der Waals surface area (Å²) in [4.78, 5) is 12.3. The third-order valence-electron chi connectivity index (χ3n) is 3.33. The van der Waals surface area contributed by atoms with Gasteiger partial charge in [0.05, 0.1) is 0 Å². The second kappa shape index (κ2) is 7.60. The van der Waals surface area contributed by atoms with E-state index in [-0.39, 0.29) is 5.91 Å². The first-order valence-corrected chi connectivity index (χ1v) is 7.37. The van der Waals surface area contributed by atoms with Gasteiger partial charge in [0, 0.05) is 17.8 Å². The first kappa shape index (κ1) is 15.3. The van der Waals surface area contributed by atoms with Crippen molar-refractivity contribution in [2.75, 3.05) is 11.9 Å². The fourth-order valence-electron chi connectivity index (χ4n) is 2.19. The average Bonchev–Trinajstić information content (AvgIpc) is 2.48. The lowest BCUT2D eigenvalue weighted by Gasteiger charge is -2.09. The average molecular weight is 282 g/mol. The summed E-state index contributed by atoms with van der Waals surface area (Å²) in [6, 6.07) is 15.6. The number of hydrogen-bond donors (Lipinski definition) is 2. The molecule has 21 heavy (non-hydrogen) atoms. The molecule has 0 radical (unpaired) electrons.